The van der Waals surface area contributed by atoms with Crippen LogP contribution in [0.3, 0.4) is 0 Å². The van der Waals surface area contributed by atoms with Gasteiger partial charge in [-0.05, 0) is 18.9 Å². The van der Waals surface area contributed by atoms with Crippen molar-refractivity contribution in [2.75, 3.05) is 6.54 Å². The molecule has 1 atom stereocenters. The van der Waals surface area contributed by atoms with Crippen LogP contribution in [0.25, 0.3) is 0 Å². The maximum absolute atomic E-state index is 13.6. The molecule has 4 nitrogen and oxygen atoms in total. The van der Waals surface area contributed by atoms with E-state index in [0.717, 1.165) is 4.90 Å². The summed E-state index contributed by atoms with van der Waals surface area (Å²) < 4.78 is 13.6. The molecule has 0 aliphatic carbocycles. The zero-order chi connectivity index (χ0) is 15.6. The lowest BCUT2D eigenvalue weighted by Gasteiger charge is -2.25. The number of likely N-dealkylation sites (tertiary alicyclic amines) is 1. The minimum Gasteiger partial charge on any atom is -0.386 e. The zero-order valence-corrected chi connectivity index (χ0v) is 12.3. The second kappa shape index (κ2) is 5.93. The number of hydrogen-bond acceptors (Lipinski definition) is 3. The van der Waals surface area contributed by atoms with Crippen LogP contribution < -0.4 is 0 Å². The molecular weight excluding hydrogens is 273 g/mol. The summed E-state index contributed by atoms with van der Waals surface area (Å²) in [5, 5.41) is 10.1. The van der Waals surface area contributed by atoms with Crippen LogP contribution in [-0.4, -0.2) is 28.4 Å². The standard InChI is InChI=1S/C16H20FNO3/c1-3-16(4-2)9-14(20)18(15(16)21)10-13(19)11-7-5-6-8-12(11)17/h5-8,13,19H,3-4,9-10H2,1-2H3/t13-/m1/s1. The lowest BCUT2D eigenvalue weighted by molar-refractivity contribution is -0.143. The SMILES string of the molecule is CCC1(CC)CC(=O)N(C[C@@H](O)c2ccccc2F)C1=O. The summed E-state index contributed by atoms with van der Waals surface area (Å²) in [6.07, 6.45) is 0.132. The molecule has 1 aliphatic heterocycles. The third kappa shape index (κ3) is 2.70. The van der Waals surface area contributed by atoms with E-state index in [0.29, 0.717) is 12.8 Å². The summed E-state index contributed by atoms with van der Waals surface area (Å²) in [6, 6.07) is 5.83. The van der Waals surface area contributed by atoms with E-state index in [1.54, 1.807) is 6.07 Å². The molecule has 1 aromatic carbocycles. The molecule has 0 unspecified atom stereocenters. The quantitative estimate of drug-likeness (QED) is 0.848. The summed E-state index contributed by atoms with van der Waals surface area (Å²) in [6.45, 7) is 3.57. The summed E-state index contributed by atoms with van der Waals surface area (Å²) >= 11 is 0. The highest BCUT2D eigenvalue weighted by molar-refractivity contribution is 6.05. The van der Waals surface area contributed by atoms with E-state index in [4.69, 9.17) is 0 Å². The molecule has 114 valence electrons. The van der Waals surface area contributed by atoms with E-state index in [1.807, 2.05) is 13.8 Å². The second-order valence-corrected chi connectivity index (χ2v) is 5.51. The Morgan fingerprint density at radius 1 is 1.29 bits per heavy atom. The number of aliphatic hydroxyl groups excluding tert-OH is 1. The Morgan fingerprint density at radius 2 is 1.90 bits per heavy atom. The van der Waals surface area contributed by atoms with Gasteiger partial charge in [-0.1, -0.05) is 32.0 Å². The average molecular weight is 293 g/mol. The largest absolute Gasteiger partial charge is 0.386 e. The third-order valence-corrected chi connectivity index (χ3v) is 4.46. The fraction of sp³-hybridized carbons (Fsp3) is 0.500. The molecule has 2 rings (SSSR count). The van der Waals surface area contributed by atoms with Crippen LogP contribution in [0.15, 0.2) is 24.3 Å². The molecule has 0 saturated carbocycles. The first kappa shape index (κ1) is 15.6. The second-order valence-electron chi connectivity index (χ2n) is 5.51. The lowest BCUT2D eigenvalue weighted by Crippen LogP contribution is -2.38. The lowest BCUT2D eigenvalue weighted by atomic mass is 9.81. The molecule has 1 aromatic rings. The van der Waals surface area contributed by atoms with E-state index in [-0.39, 0.29) is 30.3 Å². The van der Waals surface area contributed by atoms with Gasteiger partial charge in [-0.25, -0.2) is 4.39 Å². The molecule has 1 N–H and O–H groups in total. The van der Waals surface area contributed by atoms with Crippen LogP contribution in [-0.2, 0) is 9.59 Å². The average Bonchev–Trinajstić information content (AvgIpc) is 2.72. The maximum atomic E-state index is 13.6. The van der Waals surface area contributed by atoms with Gasteiger partial charge in [-0.15, -0.1) is 0 Å². The van der Waals surface area contributed by atoms with Gasteiger partial charge < -0.3 is 5.11 Å². The van der Waals surface area contributed by atoms with E-state index in [1.165, 1.54) is 18.2 Å². The highest BCUT2D eigenvalue weighted by Gasteiger charge is 2.49. The van der Waals surface area contributed by atoms with Gasteiger partial charge in [0.1, 0.15) is 5.82 Å². The van der Waals surface area contributed by atoms with Crippen molar-refractivity contribution in [2.24, 2.45) is 5.41 Å². The zero-order valence-electron chi connectivity index (χ0n) is 12.3. The number of amides is 2. The Balaban J connectivity index is 2.18. The number of carbonyl (C=O) groups is 2. The van der Waals surface area contributed by atoms with Crippen LogP contribution in [0.5, 0.6) is 0 Å². The smallest absolute Gasteiger partial charge is 0.235 e. The maximum Gasteiger partial charge on any atom is 0.235 e. The number of halogens is 1. The van der Waals surface area contributed by atoms with Crippen molar-refractivity contribution >= 4 is 11.8 Å². The number of hydrogen-bond donors (Lipinski definition) is 1. The predicted molar refractivity (Wildman–Crippen MR) is 75.7 cm³/mol. The Morgan fingerprint density at radius 3 is 2.43 bits per heavy atom. The number of aliphatic hydroxyl groups is 1. The van der Waals surface area contributed by atoms with Crippen molar-refractivity contribution in [2.45, 2.75) is 39.2 Å². The predicted octanol–water partition coefficient (Wildman–Crippen LogP) is 2.42. The molecule has 0 radical (unpaired) electrons. The molecule has 2 amide bonds. The summed E-state index contributed by atoms with van der Waals surface area (Å²) in [5.41, 5.74) is -0.560. The van der Waals surface area contributed by atoms with Crippen molar-refractivity contribution in [1.82, 2.24) is 4.90 Å². The van der Waals surface area contributed by atoms with Gasteiger partial charge in [0.2, 0.25) is 11.8 Å². The summed E-state index contributed by atoms with van der Waals surface area (Å²) in [5.74, 6) is -1.09. The molecule has 0 spiro atoms. The van der Waals surface area contributed by atoms with Crippen molar-refractivity contribution in [3.8, 4) is 0 Å². The van der Waals surface area contributed by atoms with Gasteiger partial charge >= 0.3 is 0 Å². The van der Waals surface area contributed by atoms with E-state index in [2.05, 4.69) is 0 Å². The van der Waals surface area contributed by atoms with Crippen LogP contribution >= 0.6 is 0 Å². The normalized spacial score (nSPS) is 19.1. The van der Waals surface area contributed by atoms with Crippen molar-refractivity contribution in [3.63, 3.8) is 0 Å². The Hall–Kier alpha value is -1.75. The number of β-amino-alcohol motifs (C(OH)–C–C–N with tert-alkyl or cyclic N) is 1. The topological polar surface area (TPSA) is 57.6 Å². The van der Waals surface area contributed by atoms with Gasteiger partial charge in [0, 0.05) is 12.0 Å². The molecule has 5 heteroatoms. The van der Waals surface area contributed by atoms with Gasteiger partial charge in [0.25, 0.3) is 0 Å². The van der Waals surface area contributed by atoms with Crippen LogP contribution in [0, 0.1) is 11.2 Å². The molecule has 1 saturated heterocycles. The van der Waals surface area contributed by atoms with E-state index >= 15 is 0 Å². The van der Waals surface area contributed by atoms with Crippen LogP contribution in [0.1, 0.15) is 44.8 Å². The third-order valence-electron chi connectivity index (χ3n) is 4.46. The van der Waals surface area contributed by atoms with E-state index in [9.17, 15) is 19.1 Å². The number of benzene rings is 1. The molecule has 0 aromatic heterocycles. The van der Waals surface area contributed by atoms with Gasteiger partial charge in [0.05, 0.1) is 18.1 Å². The minimum absolute atomic E-state index is 0.101. The number of rotatable bonds is 5. The monoisotopic (exact) mass is 293 g/mol. The molecular formula is C16H20FNO3. The van der Waals surface area contributed by atoms with Crippen molar-refractivity contribution in [3.05, 3.63) is 35.6 Å². The number of nitrogens with zero attached hydrogens (tertiary/aromatic N) is 1. The van der Waals surface area contributed by atoms with Gasteiger partial charge in [-0.3, -0.25) is 14.5 Å². The van der Waals surface area contributed by atoms with Crippen LogP contribution in [0.2, 0.25) is 0 Å². The van der Waals surface area contributed by atoms with Crippen LogP contribution in [0.4, 0.5) is 4.39 Å². The first-order chi connectivity index (χ1) is 9.95. The highest BCUT2D eigenvalue weighted by atomic mass is 19.1. The molecule has 1 aliphatic rings. The fourth-order valence-electron chi connectivity index (χ4n) is 2.86. The Kier molecular flexibility index (Phi) is 4.42. The fourth-order valence-corrected chi connectivity index (χ4v) is 2.86. The van der Waals surface area contributed by atoms with Gasteiger partial charge in [0.15, 0.2) is 0 Å². The summed E-state index contributed by atoms with van der Waals surface area (Å²) in [7, 11) is 0. The molecule has 1 fully saturated rings. The number of imide groups is 1. The first-order valence-electron chi connectivity index (χ1n) is 7.22. The van der Waals surface area contributed by atoms with Crippen molar-refractivity contribution in [1.29, 1.82) is 0 Å². The molecule has 0 bridgehead atoms. The minimum atomic E-state index is -1.20. The Bertz CT molecular complexity index is 554. The molecule has 21 heavy (non-hydrogen) atoms. The summed E-state index contributed by atoms with van der Waals surface area (Å²) in [4.78, 5) is 25.6. The molecule has 1 heterocycles. The van der Waals surface area contributed by atoms with Crippen molar-refractivity contribution < 1.29 is 19.1 Å². The van der Waals surface area contributed by atoms with Gasteiger partial charge in [-0.2, -0.15) is 0 Å². The Labute approximate surface area is 123 Å². The van der Waals surface area contributed by atoms with E-state index < -0.39 is 17.3 Å². The highest BCUT2D eigenvalue weighted by Crippen LogP contribution is 2.39. The number of carbonyl (C=O) groups excluding carboxylic acids is 2. The first-order valence-corrected chi connectivity index (χ1v) is 7.22.